The molecule has 0 aliphatic carbocycles. The number of carbonyl (C=O) groups excluding carboxylic acids is 3. The van der Waals surface area contributed by atoms with Gasteiger partial charge in [-0.1, -0.05) is 25.5 Å². The second kappa shape index (κ2) is 11.8. The molecule has 2 aromatic rings. The number of pyridine rings is 1. The summed E-state index contributed by atoms with van der Waals surface area (Å²) in [5.74, 6) is -0.998. The van der Waals surface area contributed by atoms with Gasteiger partial charge in [0.05, 0.1) is 17.6 Å². The third-order valence-corrected chi connectivity index (χ3v) is 5.65. The highest BCUT2D eigenvalue weighted by atomic mass is 32.2. The first-order valence-corrected chi connectivity index (χ1v) is 11.4. The predicted molar refractivity (Wildman–Crippen MR) is 115 cm³/mol. The number of aromatic nitrogens is 1. The fraction of sp³-hybridized carbons (Fsp3) is 0.333. The van der Waals surface area contributed by atoms with Crippen LogP contribution in [-0.4, -0.2) is 45.0 Å². The summed E-state index contributed by atoms with van der Waals surface area (Å²) in [5, 5.41) is 2.82. The number of sulfonamides is 1. The summed E-state index contributed by atoms with van der Waals surface area (Å²) in [5.41, 5.74) is 0.803. The third kappa shape index (κ3) is 7.65. The van der Waals surface area contributed by atoms with Crippen molar-refractivity contribution in [3.05, 3.63) is 53.7 Å². The maximum Gasteiger partial charge on any atom is 0.514 e. The summed E-state index contributed by atoms with van der Waals surface area (Å²) in [6.07, 6.45) is 2.93. The number of unbranched alkanes of at least 4 members (excludes halogenated alkanes) is 1. The minimum absolute atomic E-state index is 0.00635. The van der Waals surface area contributed by atoms with Crippen molar-refractivity contribution in [2.75, 3.05) is 13.7 Å². The maximum absolute atomic E-state index is 12.5. The summed E-state index contributed by atoms with van der Waals surface area (Å²) < 4.78 is 36.0. The van der Waals surface area contributed by atoms with Crippen molar-refractivity contribution in [3.8, 4) is 5.88 Å². The lowest BCUT2D eigenvalue weighted by Crippen LogP contribution is -2.30. The molecule has 1 aromatic carbocycles. The molecule has 0 spiro atoms. The number of carbonyl (C=O) groups is 3. The van der Waals surface area contributed by atoms with Crippen molar-refractivity contribution >= 4 is 28.0 Å². The molecule has 0 aliphatic rings. The number of ether oxygens (including phenoxy) is 2. The van der Waals surface area contributed by atoms with Crippen LogP contribution < -0.4 is 14.8 Å². The van der Waals surface area contributed by atoms with Gasteiger partial charge < -0.3 is 14.8 Å². The van der Waals surface area contributed by atoms with Crippen molar-refractivity contribution in [1.82, 2.24) is 15.0 Å². The average Bonchev–Trinajstić information content (AvgIpc) is 2.78. The first-order chi connectivity index (χ1) is 15.2. The minimum atomic E-state index is -4.10. The van der Waals surface area contributed by atoms with Crippen molar-refractivity contribution in [2.45, 2.75) is 37.5 Å². The van der Waals surface area contributed by atoms with Crippen LogP contribution in [0.5, 0.6) is 5.88 Å². The Kier molecular flexibility index (Phi) is 9.14. The molecule has 1 heterocycles. The SMILES string of the molecule is CCCCC(=O)NCCc1ccc(S(=O)(=O)NC(=O)c2ccc(OC(=O)OC)nc2)cc1. The molecular formula is C21H25N3O7S. The van der Waals surface area contributed by atoms with Crippen LogP contribution in [0.2, 0.25) is 0 Å². The van der Waals surface area contributed by atoms with Gasteiger partial charge in [-0.3, -0.25) is 9.59 Å². The highest BCUT2D eigenvalue weighted by Gasteiger charge is 2.19. The Hall–Kier alpha value is -3.47. The molecule has 2 amide bonds. The van der Waals surface area contributed by atoms with Crippen LogP contribution in [0, 0.1) is 0 Å². The molecule has 0 fully saturated rings. The van der Waals surface area contributed by atoms with E-state index in [-0.39, 0.29) is 22.2 Å². The monoisotopic (exact) mass is 463 g/mol. The van der Waals surface area contributed by atoms with E-state index in [0.29, 0.717) is 19.4 Å². The van der Waals surface area contributed by atoms with Crippen LogP contribution in [-0.2, 0) is 26.0 Å². The number of nitrogens with zero attached hydrogens (tertiary/aromatic N) is 1. The van der Waals surface area contributed by atoms with E-state index in [1.807, 2.05) is 11.6 Å². The van der Waals surface area contributed by atoms with Gasteiger partial charge in [0, 0.05) is 25.2 Å². The Morgan fingerprint density at radius 1 is 1.06 bits per heavy atom. The predicted octanol–water partition coefficient (Wildman–Crippen LogP) is 2.19. The molecule has 0 saturated heterocycles. The largest absolute Gasteiger partial charge is 0.514 e. The Bertz CT molecular complexity index is 1040. The fourth-order valence-corrected chi connectivity index (χ4v) is 3.52. The van der Waals surface area contributed by atoms with Crippen molar-refractivity contribution in [2.24, 2.45) is 0 Å². The van der Waals surface area contributed by atoms with Crippen molar-refractivity contribution < 1.29 is 32.3 Å². The standard InChI is InChI=1S/C21H25N3O7S/c1-3-4-5-18(25)22-13-12-15-6-9-17(10-7-15)32(28,29)24-20(26)16-8-11-19(23-14-16)31-21(27)30-2/h6-11,14H,3-5,12-13H2,1-2H3,(H,22,25)(H,24,26). The molecule has 0 atom stereocenters. The topological polar surface area (TPSA) is 141 Å². The summed E-state index contributed by atoms with van der Waals surface area (Å²) >= 11 is 0. The minimum Gasteiger partial charge on any atom is -0.437 e. The van der Waals surface area contributed by atoms with Gasteiger partial charge in [-0.2, -0.15) is 0 Å². The summed E-state index contributed by atoms with van der Waals surface area (Å²) in [4.78, 5) is 38.6. The van der Waals surface area contributed by atoms with Crippen LogP contribution >= 0.6 is 0 Å². The molecule has 172 valence electrons. The lowest BCUT2D eigenvalue weighted by molar-refractivity contribution is -0.121. The number of hydrogen-bond donors (Lipinski definition) is 2. The van der Waals surface area contributed by atoms with E-state index in [2.05, 4.69) is 15.0 Å². The van der Waals surface area contributed by atoms with E-state index in [4.69, 9.17) is 4.74 Å². The molecule has 32 heavy (non-hydrogen) atoms. The molecule has 11 heteroatoms. The zero-order valence-corrected chi connectivity index (χ0v) is 18.6. The Labute approximate surface area is 186 Å². The van der Waals surface area contributed by atoms with Crippen molar-refractivity contribution in [1.29, 1.82) is 0 Å². The van der Waals surface area contributed by atoms with Gasteiger partial charge in [-0.25, -0.2) is 22.9 Å². The van der Waals surface area contributed by atoms with Gasteiger partial charge in [0.15, 0.2) is 0 Å². The zero-order chi connectivity index (χ0) is 23.6. The Morgan fingerprint density at radius 2 is 1.78 bits per heavy atom. The molecule has 0 saturated carbocycles. The van der Waals surface area contributed by atoms with Gasteiger partial charge in [-0.05, 0) is 36.6 Å². The van der Waals surface area contributed by atoms with Gasteiger partial charge in [-0.15, -0.1) is 0 Å². The normalized spacial score (nSPS) is 10.8. The van der Waals surface area contributed by atoms with E-state index in [1.54, 1.807) is 12.1 Å². The van der Waals surface area contributed by atoms with Crippen LogP contribution in [0.1, 0.15) is 42.1 Å². The summed E-state index contributed by atoms with van der Waals surface area (Å²) in [6.45, 7) is 2.47. The lowest BCUT2D eigenvalue weighted by Gasteiger charge is -2.09. The average molecular weight is 464 g/mol. The number of nitrogens with one attached hydrogen (secondary N) is 2. The molecule has 0 bridgehead atoms. The highest BCUT2D eigenvalue weighted by molar-refractivity contribution is 7.90. The molecule has 0 radical (unpaired) electrons. The molecule has 2 N–H and O–H groups in total. The number of hydrogen-bond acceptors (Lipinski definition) is 8. The zero-order valence-electron chi connectivity index (χ0n) is 17.8. The van der Waals surface area contributed by atoms with Crippen LogP contribution in [0.3, 0.4) is 0 Å². The maximum atomic E-state index is 12.5. The molecule has 2 rings (SSSR count). The van der Waals surface area contributed by atoms with E-state index in [9.17, 15) is 22.8 Å². The van der Waals surface area contributed by atoms with Crippen LogP contribution in [0.15, 0.2) is 47.5 Å². The van der Waals surface area contributed by atoms with E-state index in [1.165, 1.54) is 24.3 Å². The highest BCUT2D eigenvalue weighted by Crippen LogP contribution is 2.13. The van der Waals surface area contributed by atoms with Crippen LogP contribution in [0.25, 0.3) is 0 Å². The second-order valence-electron chi connectivity index (χ2n) is 6.72. The smallest absolute Gasteiger partial charge is 0.437 e. The molecular weight excluding hydrogens is 438 g/mol. The van der Waals surface area contributed by atoms with Gasteiger partial charge in [0.25, 0.3) is 15.9 Å². The first-order valence-electron chi connectivity index (χ1n) is 9.89. The number of amides is 2. The number of rotatable bonds is 10. The summed E-state index contributed by atoms with van der Waals surface area (Å²) in [7, 11) is -2.97. The lowest BCUT2D eigenvalue weighted by atomic mass is 10.1. The van der Waals surface area contributed by atoms with E-state index in [0.717, 1.165) is 31.7 Å². The van der Waals surface area contributed by atoms with Crippen LogP contribution in [0.4, 0.5) is 4.79 Å². The molecule has 10 nitrogen and oxygen atoms in total. The fourth-order valence-electron chi connectivity index (χ4n) is 2.55. The van der Waals surface area contributed by atoms with Gasteiger partial charge >= 0.3 is 6.16 Å². The summed E-state index contributed by atoms with van der Waals surface area (Å²) in [6, 6.07) is 8.50. The molecule has 0 aliphatic heterocycles. The third-order valence-electron chi connectivity index (χ3n) is 4.31. The number of benzene rings is 1. The quantitative estimate of drug-likeness (QED) is 0.511. The van der Waals surface area contributed by atoms with Gasteiger partial charge in [0.1, 0.15) is 0 Å². The van der Waals surface area contributed by atoms with E-state index < -0.39 is 22.1 Å². The Balaban J connectivity index is 1.93. The number of methoxy groups -OCH3 is 1. The Morgan fingerprint density at radius 3 is 2.38 bits per heavy atom. The van der Waals surface area contributed by atoms with E-state index >= 15 is 0 Å². The molecule has 0 unspecified atom stereocenters. The second-order valence-corrected chi connectivity index (χ2v) is 8.41. The van der Waals surface area contributed by atoms with Gasteiger partial charge in [0.2, 0.25) is 11.8 Å². The molecule has 1 aromatic heterocycles. The van der Waals surface area contributed by atoms with Crippen molar-refractivity contribution in [3.63, 3.8) is 0 Å². The first kappa shape index (κ1) is 24.8.